The summed E-state index contributed by atoms with van der Waals surface area (Å²) >= 11 is 0. The molecule has 6 nitrogen and oxygen atoms in total. The minimum absolute atomic E-state index is 0.0224. The first-order valence-corrected chi connectivity index (χ1v) is 8.16. The van der Waals surface area contributed by atoms with Crippen LogP contribution in [0.5, 0.6) is 0 Å². The minimum Gasteiger partial charge on any atom is -0.445 e. The maximum Gasteiger partial charge on any atom is 0.410 e. The van der Waals surface area contributed by atoms with Gasteiger partial charge >= 0.3 is 6.09 Å². The Hall–Kier alpha value is -2.08. The fourth-order valence-electron chi connectivity index (χ4n) is 3.07. The number of ether oxygens (including phenoxy) is 1. The summed E-state index contributed by atoms with van der Waals surface area (Å²) in [6, 6.07) is 9.96. The molecule has 1 saturated carbocycles. The van der Waals surface area contributed by atoms with E-state index in [1.165, 1.54) is 0 Å². The zero-order valence-corrected chi connectivity index (χ0v) is 13.2. The van der Waals surface area contributed by atoms with Crippen molar-refractivity contribution in [3.63, 3.8) is 0 Å². The van der Waals surface area contributed by atoms with Crippen molar-refractivity contribution in [1.29, 1.82) is 0 Å². The molecule has 1 heterocycles. The molecule has 3 rings (SSSR count). The fraction of sp³-hybridized carbons (Fsp3) is 0.529. The standard InChI is InChI=1S/C17H23N3O3/c18-10-16(21)19-9-8-15(11-19)20(14-6-7-14)17(22)23-12-13-4-2-1-3-5-13/h1-5,14-15H,6-12,18H2/t15-/m0/s1. The van der Waals surface area contributed by atoms with Gasteiger partial charge < -0.3 is 20.3 Å². The molecule has 124 valence electrons. The molecule has 0 aromatic heterocycles. The summed E-state index contributed by atoms with van der Waals surface area (Å²) in [5.74, 6) is -0.0547. The average Bonchev–Trinajstić information content (AvgIpc) is 3.29. The number of hydrogen-bond donors (Lipinski definition) is 1. The van der Waals surface area contributed by atoms with Gasteiger partial charge in [-0.05, 0) is 24.8 Å². The van der Waals surface area contributed by atoms with E-state index in [1.807, 2.05) is 35.2 Å². The Labute approximate surface area is 136 Å². The van der Waals surface area contributed by atoms with Crippen molar-refractivity contribution in [3.05, 3.63) is 35.9 Å². The number of carbonyl (C=O) groups is 2. The van der Waals surface area contributed by atoms with Gasteiger partial charge in [-0.1, -0.05) is 30.3 Å². The van der Waals surface area contributed by atoms with Crippen molar-refractivity contribution < 1.29 is 14.3 Å². The smallest absolute Gasteiger partial charge is 0.410 e. The molecule has 2 N–H and O–H groups in total. The summed E-state index contributed by atoms with van der Waals surface area (Å²) in [5.41, 5.74) is 6.40. The molecular weight excluding hydrogens is 294 g/mol. The van der Waals surface area contributed by atoms with Gasteiger partial charge in [-0.25, -0.2) is 4.79 Å². The highest BCUT2D eigenvalue weighted by atomic mass is 16.6. The van der Waals surface area contributed by atoms with Crippen molar-refractivity contribution in [1.82, 2.24) is 9.80 Å². The SMILES string of the molecule is NCC(=O)N1CC[C@H](N(C(=O)OCc2ccccc2)C2CC2)C1. The first-order valence-electron chi connectivity index (χ1n) is 8.16. The van der Waals surface area contributed by atoms with E-state index in [-0.39, 0.29) is 37.2 Å². The van der Waals surface area contributed by atoms with Gasteiger partial charge in [-0.3, -0.25) is 4.79 Å². The third-order valence-electron chi connectivity index (χ3n) is 4.44. The molecule has 0 radical (unpaired) electrons. The van der Waals surface area contributed by atoms with Crippen LogP contribution < -0.4 is 5.73 Å². The van der Waals surface area contributed by atoms with Gasteiger partial charge in [-0.15, -0.1) is 0 Å². The van der Waals surface area contributed by atoms with Crippen LogP contribution in [0.4, 0.5) is 4.79 Å². The minimum atomic E-state index is -0.275. The van der Waals surface area contributed by atoms with Gasteiger partial charge in [0.2, 0.25) is 5.91 Å². The van der Waals surface area contributed by atoms with Crippen molar-refractivity contribution >= 4 is 12.0 Å². The second-order valence-corrected chi connectivity index (χ2v) is 6.17. The molecule has 1 aromatic rings. The predicted octanol–water partition coefficient (Wildman–Crippen LogP) is 1.35. The monoisotopic (exact) mass is 317 g/mol. The molecular formula is C17H23N3O3. The van der Waals surface area contributed by atoms with E-state index in [4.69, 9.17) is 10.5 Å². The Kier molecular flexibility index (Phi) is 4.81. The highest BCUT2D eigenvalue weighted by molar-refractivity contribution is 5.78. The lowest BCUT2D eigenvalue weighted by molar-refractivity contribution is -0.128. The molecule has 6 heteroatoms. The van der Waals surface area contributed by atoms with E-state index in [1.54, 1.807) is 4.90 Å². The Bertz CT molecular complexity index is 559. The highest BCUT2D eigenvalue weighted by Crippen LogP contribution is 2.32. The highest BCUT2D eigenvalue weighted by Gasteiger charge is 2.41. The number of hydrogen-bond acceptors (Lipinski definition) is 4. The maximum absolute atomic E-state index is 12.5. The van der Waals surface area contributed by atoms with Gasteiger partial charge in [-0.2, -0.15) is 0 Å². The van der Waals surface area contributed by atoms with Crippen molar-refractivity contribution in [3.8, 4) is 0 Å². The number of benzene rings is 1. The van der Waals surface area contributed by atoms with Gasteiger partial charge in [0.15, 0.2) is 0 Å². The normalized spacial score (nSPS) is 20.4. The van der Waals surface area contributed by atoms with Crippen LogP contribution in [-0.4, -0.2) is 53.5 Å². The lowest BCUT2D eigenvalue weighted by Gasteiger charge is -2.28. The molecule has 23 heavy (non-hydrogen) atoms. The summed E-state index contributed by atoms with van der Waals surface area (Å²) in [6.07, 6.45) is 2.55. The Morgan fingerprint density at radius 2 is 1.91 bits per heavy atom. The number of likely N-dealkylation sites (tertiary alicyclic amines) is 1. The average molecular weight is 317 g/mol. The molecule has 1 aromatic carbocycles. The van der Waals surface area contributed by atoms with Crippen LogP contribution in [0.15, 0.2) is 30.3 Å². The van der Waals surface area contributed by atoms with Crippen LogP contribution in [0.25, 0.3) is 0 Å². The summed E-state index contributed by atoms with van der Waals surface area (Å²) in [5, 5.41) is 0. The summed E-state index contributed by atoms with van der Waals surface area (Å²) < 4.78 is 5.48. The molecule has 0 bridgehead atoms. The zero-order chi connectivity index (χ0) is 16.2. The van der Waals surface area contributed by atoms with Crippen LogP contribution in [0.3, 0.4) is 0 Å². The number of rotatable bonds is 5. The molecule has 2 aliphatic rings. The second kappa shape index (κ2) is 7.00. The van der Waals surface area contributed by atoms with E-state index >= 15 is 0 Å². The lowest BCUT2D eigenvalue weighted by atomic mass is 10.2. The van der Waals surface area contributed by atoms with Crippen LogP contribution >= 0.6 is 0 Å². The maximum atomic E-state index is 12.5. The van der Waals surface area contributed by atoms with Crippen molar-refractivity contribution in [2.75, 3.05) is 19.6 Å². The van der Waals surface area contributed by atoms with Crippen molar-refractivity contribution in [2.45, 2.75) is 38.0 Å². The number of amides is 2. The third-order valence-corrected chi connectivity index (χ3v) is 4.44. The quantitative estimate of drug-likeness (QED) is 0.889. The molecule has 0 spiro atoms. The number of nitrogens with zero attached hydrogens (tertiary/aromatic N) is 2. The van der Waals surface area contributed by atoms with Crippen LogP contribution in [0, 0.1) is 0 Å². The molecule has 1 saturated heterocycles. The topological polar surface area (TPSA) is 75.9 Å². The molecule has 1 atom stereocenters. The molecule has 2 fully saturated rings. The zero-order valence-electron chi connectivity index (χ0n) is 13.2. The molecule has 2 amide bonds. The first-order chi connectivity index (χ1) is 11.2. The molecule has 1 aliphatic carbocycles. The molecule has 0 unspecified atom stereocenters. The Balaban J connectivity index is 1.58. The predicted molar refractivity (Wildman–Crippen MR) is 85.5 cm³/mol. The summed E-state index contributed by atoms with van der Waals surface area (Å²) in [4.78, 5) is 27.8. The van der Waals surface area contributed by atoms with Gasteiger partial charge in [0.1, 0.15) is 6.61 Å². The van der Waals surface area contributed by atoms with E-state index in [9.17, 15) is 9.59 Å². The second-order valence-electron chi connectivity index (χ2n) is 6.17. The van der Waals surface area contributed by atoms with E-state index in [0.717, 1.165) is 24.8 Å². The Morgan fingerprint density at radius 1 is 1.17 bits per heavy atom. The fourth-order valence-corrected chi connectivity index (χ4v) is 3.07. The van der Waals surface area contributed by atoms with Gasteiger partial charge in [0, 0.05) is 19.1 Å². The summed E-state index contributed by atoms with van der Waals surface area (Å²) in [7, 11) is 0. The van der Waals surface area contributed by atoms with Crippen molar-refractivity contribution in [2.24, 2.45) is 5.73 Å². The van der Waals surface area contributed by atoms with E-state index in [0.29, 0.717) is 13.1 Å². The van der Waals surface area contributed by atoms with E-state index in [2.05, 4.69) is 0 Å². The van der Waals surface area contributed by atoms with Crippen LogP contribution in [0.2, 0.25) is 0 Å². The van der Waals surface area contributed by atoms with Gasteiger partial charge in [0.05, 0.1) is 12.6 Å². The van der Waals surface area contributed by atoms with E-state index < -0.39 is 0 Å². The van der Waals surface area contributed by atoms with Gasteiger partial charge in [0.25, 0.3) is 0 Å². The van der Waals surface area contributed by atoms with Crippen LogP contribution in [0.1, 0.15) is 24.8 Å². The molecule has 1 aliphatic heterocycles. The number of nitrogens with two attached hydrogens (primary N) is 1. The lowest BCUT2D eigenvalue weighted by Crippen LogP contribution is -2.45. The summed E-state index contributed by atoms with van der Waals surface area (Å²) in [6.45, 7) is 1.53. The largest absolute Gasteiger partial charge is 0.445 e. The first kappa shape index (κ1) is 15.8. The third kappa shape index (κ3) is 3.82. The van der Waals surface area contributed by atoms with Crippen LogP contribution in [-0.2, 0) is 16.1 Å². The number of carbonyl (C=O) groups excluding carboxylic acids is 2. The Morgan fingerprint density at radius 3 is 2.57 bits per heavy atom.